The fraction of sp³-hybridized carbons (Fsp3) is 0.591. The summed E-state index contributed by atoms with van der Waals surface area (Å²) in [5.41, 5.74) is 8.79. The van der Waals surface area contributed by atoms with E-state index in [9.17, 15) is 14.4 Å². The number of piperidine rings is 2. The molecule has 7 nitrogen and oxygen atoms in total. The molecule has 2 bridgehead atoms. The second-order valence-electron chi connectivity index (χ2n) is 9.04. The lowest BCUT2D eigenvalue weighted by molar-refractivity contribution is -0.136. The second kappa shape index (κ2) is 7.22. The molecule has 0 spiro atoms. The van der Waals surface area contributed by atoms with Crippen LogP contribution >= 0.6 is 0 Å². The van der Waals surface area contributed by atoms with Gasteiger partial charge in [0.1, 0.15) is 6.04 Å². The van der Waals surface area contributed by atoms with Crippen molar-refractivity contribution in [3.8, 4) is 0 Å². The van der Waals surface area contributed by atoms with Crippen LogP contribution in [0.2, 0.25) is 0 Å². The summed E-state index contributed by atoms with van der Waals surface area (Å²) in [4.78, 5) is 41.1. The largest absolute Gasteiger partial charge is 0.330 e. The molecule has 5 rings (SSSR count). The van der Waals surface area contributed by atoms with Gasteiger partial charge in [0.25, 0.3) is 5.91 Å². The second-order valence-corrected chi connectivity index (χ2v) is 9.04. The number of nitrogens with two attached hydrogens (primary N) is 1. The molecule has 3 N–H and O–H groups in total. The first-order chi connectivity index (χ1) is 14.0. The Labute approximate surface area is 170 Å². The molecule has 7 heteroatoms. The van der Waals surface area contributed by atoms with Crippen molar-refractivity contribution in [2.45, 2.75) is 44.8 Å². The number of likely N-dealkylation sites (tertiary alicyclic amines) is 1. The number of nitrogens with one attached hydrogen (secondary N) is 1. The summed E-state index contributed by atoms with van der Waals surface area (Å²) in [6, 6.07) is 5.47. The molecule has 1 aliphatic carbocycles. The van der Waals surface area contributed by atoms with E-state index in [0.717, 1.165) is 42.9 Å². The minimum absolute atomic E-state index is 0.0788. The molecular weight excluding hydrogens is 368 g/mol. The van der Waals surface area contributed by atoms with E-state index in [1.54, 1.807) is 4.90 Å². The third-order valence-corrected chi connectivity index (χ3v) is 7.41. The van der Waals surface area contributed by atoms with Crippen molar-refractivity contribution in [1.82, 2.24) is 15.1 Å². The predicted octanol–water partition coefficient (Wildman–Crippen LogP) is 0.864. The van der Waals surface area contributed by atoms with Crippen molar-refractivity contribution >= 4 is 17.7 Å². The number of fused-ring (bicyclic) bond motifs is 3. The Bertz CT molecular complexity index is 856. The Kier molecular flexibility index (Phi) is 4.67. The number of carbonyl (C=O) groups excluding carboxylic acids is 3. The Morgan fingerprint density at radius 1 is 1.07 bits per heavy atom. The summed E-state index contributed by atoms with van der Waals surface area (Å²) >= 11 is 0. The van der Waals surface area contributed by atoms with E-state index in [4.69, 9.17) is 5.73 Å². The maximum Gasteiger partial charge on any atom is 0.255 e. The lowest BCUT2D eigenvalue weighted by Gasteiger charge is -2.37. The molecule has 3 amide bonds. The van der Waals surface area contributed by atoms with E-state index in [2.05, 4.69) is 10.2 Å². The average molecular weight is 396 g/mol. The van der Waals surface area contributed by atoms with Gasteiger partial charge in [0.05, 0.1) is 0 Å². The van der Waals surface area contributed by atoms with E-state index in [1.807, 2.05) is 18.2 Å². The molecule has 1 saturated carbocycles. The summed E-state index contributed by atoms with van der Waals surface area (Å²) < 4.78 is 0. The lowest BCUT2D eigenvalue weighted by atomic mass is 9.85. The average Bonchev–Trinajstić information content (AvgIpc) is 3.16. The van der Waals surface area contributed by atoms with Crippen LogP contribution in [0.5, 0.6) is 0 Å². The molecule has 0 aromatic heterocycles. The minimum atomic E-state index is -0.559. The number of rotatable bonds is 4. The summed E-state index contributed by atoms with van der Waals surface area (Å²) in [6.45, 7) is 4.08. The highest BCUT2D eigenvalue weighted by atomic mass is 16.2. The Morgan fingerprint density at radius 3 is 2.52 bits per heavy atom. The number of hydrogen-bond acceptors (Lipinski definition) is 5. The molecule has 1 aromatic carbocycles. The van der Waals surface area contributed by atoms with Crippen molar-refractivity contribution < 1.29 is 14.4 Å². The van der Waals surface area contributed by atoms with Crippen LogP contribution in [0.1, 0.15) is 47.2 Å². The fourth-order valence-electron chi connectivity index (χ4n) is 6.01. The molecule has 3 fully saturated rings. The summed E-state index contributed by atoms with van der Waals surface area (Å²) in [6.07, 6.45) is 3.20. The molecule has 3 aliphatic heterocycles. The topological polar surface area (TPSA) is 95.7 Å². The van der Waals surface area contributed by atoms with Crippen molar-refractivity contribution in [1.29, 1.82) is 0 Å². The monoisotopic (exact) mass is 396 g/mol. The molecule has 3 atom stereocenters. The highest BCUT2D eigenvalue weighted by molar-refractivity contribution is 6.05. The molecule has 3 unspecified atom stereocenters. The highest BCUT2D eigenvalue weighted by Crippen LogP contribution is 2.42. The molecule has 29 heavy (non-hydrogen) atoms. The zero-order valence-electron chi connectivity index (χ0n) is 16.6. The number of nitrogens with zero attached hydrogens (tertiary/aromatic N) is 2. The predicted molar refractivity (Wildman–Crippen MR) is 107 cm³/mol. The van der Waals surface area contributed by atoms with Crippen molar-refractivity contribution in [3.05, 3.63) is 34.9 Å². The van der Waals surface area contributed by atoms with E-state index < -0.39 is 6.04 Å². The van der Waals surface area contributed by atoms with Crippen LogP contribution in [-0.4, -0.2) is 53.2 Å². The van der Waals surface area contributed by atoms with Crippen LogP contribution in [0.15, 0.2) is 18.2 Å². The van der Waals surface area contributed by atoms with Crippen molar-refractivity contribution in [2.75, 3.05) is 19.6 Å². The number of benzene rings is 1. The van der Waals surface area contributed by atoms with Crippen LogP contribution in [0.25, 0.3) is 0 Å². The zero-order chi connectivity index (χ0) is 20.1. The Morgan fingerprint density at radius 2 is 1.83 bits per heavy atom. The first-order valence-electron chi connectivity index (χ1n) is 10.7. The highest BCUT2D eigenvalue weighted by Gasteiger charge is 2.42. The van der Waals surface area contributed by atoms with E-state index in [1.165, 1.54) is 12.8 Å². The summed E-state index contributed by atoms with van der Waals surface area (Å²) in [5.74, 6) is 1.30. The number of hydrogen-bond donors (Lipinski definition) is 2. The maximum absolute atomic E-state index is 13.3. The van der Waals surface area contributed by atoms with Gasteiger partial charge >= 0.3 is 0 Å². The maximum atomic E-state index is 13.3. The fourth-order valence-corrected chi connectivity index (χ4v) is 6.01. The van der Waals surface area contributed by atoms with Gasteiger partial charge in [-0.1, -0.05) is 18.2 Å². The van der Waals surface area contributed by atoms with Gasteiger partial charge in [-0.3, -0.25) is 24.6 Å². The van der Waals surface area contributed by atoms with Crippen LogP contribution in [0, 0.1) is 17.8 Å². The zero-order valence-corrected chi connectivity index (χ0v) is 16.6. The molecule has 4 aliphatic rings. The molecular formula is C22H28N4O3. The summed E-state index contributed by atoms with van der Waals surface area (Å²) in [5, 5.41) is 2.37. The van der Waals surface area contributed by atoms with Gasteiger partial charge < -0.3 is 10.6 Å². The lowest BCUT2D eigenvalue weighted by Crippen LogP contribution is -2.52. The van der Waals surface area contributed by atoms with E-state index >= 15 is 0 Å². The molecule has 2 saturated heterocycles. The Hall–Kier alpha value is -2.25. The third kappa shape index (κ3) is 3.16. The molecule has 154 valence electrons. The SMILES string of the molecule is NCC1C2CCC1CN(Cc1cccc3c1C(=O)N(C1CCC(=O)NC1=O)C3)C2. The van der Waals surface area contributed by atoms with Crippen molar-refractivity contribution in [2.24, 2.45) is 23.5 Å². The van der Waals surface area contributed by atoms with Crippen LogP contribution in [0.3, 0.4) is 0 Å². The smallest absolute Gasteiger partial charge is 0.255 e. The number of imide groups is 1. The van der Waals surface area contributed by atoms with Gasteiger partial charge in [-0.05, 0) is 54.7 Å². The van der Waals surface area contributed by atoms with Crippen molar-refractivity contribution in [3.63, 3.8) is 0 Å². The normalized spacial score (nSPS) is 31.9. The van der Waals surface area contributed by atoms with Gasteiger partial charge in [-0.25, -0.2) is 0 Å². The Balaban J connectivity index is 1.34. The quantitative estimate of drug-likeness (QED) is 0.736. The standard InChI is InChI=1S/C22H28N4O3/c23-8-17-13-4-5-14(17)10-25(9-13)11-15-2-1-3-16-12-26(22(29)20(15)16)18-6-7-19(27)24-21(18)28/h1-3,13-14,17-18H,4-12,23H2,(H,24,27,28). The first kappa shape index (κ1) is 18.8. The third-order valence-electron chi connectivity index (χ3n) is 7.41. The molecule has 1 aromatic rings. The van der Waals surface area contributed by atoms with Gasteiger partial charge in [0, 0.05) is 38.2 Å². The van der Waals surface area contributed by atoms with E-state index in [-0.39, 0.29) is 24.1 Å². The molecule has 3 heterocycles. The minimum Gasteiger partial charge on any atom is -0.330 e. The number of amides is 3. The van der Waals surface area contributed by atoms with Crippen LogP contribution < -0.4 is 11.1 Å². The van der Waals surface area contributed by atoms with Gasteiger partial charge in [0.15, 0.2) is 0 Å². The number of carbonyl (C=O) groups is 3. The molecule has 0 radical (unpaired) electrons. The van der Waals surface area contributed by atoms with Gasteiger partial charge in [0.2, 0.25) is 11.8 Å². The first-order valence-corrected chi connectivity index (χ1v) is 10.7. The van der Waals surface area contributed by atoms with E-state index in [0.29, 0.717) is 30.7 Å². The van der Waals surface area contributed by atoms with Crippen LogP contribution in [-0.2, 0) is 22.7 Å². The van der Waals surface area contributed by atoms with Gasteiger partial charge in [-0.15, -0.1) is 0 Å². The van der Waals surface area contributed by atoms with Gasteiger partial charge in [-0.2, -0.15) is 0 Å². The van der Waals surface area contributed by atoms with Crippen LogP contribution in [0.4, 0.5) is 0 Å². The summed E-state index contributed by atoms with van der Waals surface area (Å²) in [7, 11) is 0.